The molecule has 1 fully saturated rings. The van der Waals surface area contributed by atoms with E-state index in [-0.39, 0.29) is 6.61 Å². The minimum absolute atomic E-state index is 0.188. The molecule has 0 radical (unpaired) electrons. The quantitative estimate of drug-likeness (QED) is 0.534. The molecule has 1 amide bonds. The Morgan fingerprint density at radius 3 is 2.55 bits per heavy atom. The zero-order valence-electron chi connectivity index (χ0n) is 18.7. The highest BCUT2D eigenvalue weighted by Gasteiger charge is 2.42. The van der Waals surface area contributed by atoms with Crippen LogP contribution in [0.2, 0.25) is 5.02 Å². The van der Waals surface area contributed by atoms with Gasteiger partial charge in [0.05, 0.1) is 13.7 Å². The molecule has 4 rings (SSSR count). The highest BCUT2D eigenvalue weighted by atomic mass is 35.5. The molecule has 0 spiro atoms. The lowest BCUT2D eigenvalue weighted by molar-refractivity contribution is -0.153. The van der Waals surface area contributed by atoms with Crippen LogP contribution < -0.4 is 15.0 Å². The first-order valence-electron chi connectivity index (χ1n) is 10.9. The molecule has 0 aliphatic carbocycles. The van der Waals surface area contributed by atoms with Crippen molar-refractivity contribution in [3.05, 3.63) is 59.1 Å². The molecule has 1 N–H and O–H groups in total. The van der Waals surface area contributed by atoms with Gasteiger partial charge in [0.2, 0.25) is 11.9 Å². The van der Waals surface area contributed by atoms with Crippen LogP contribution in [0.5, 0.6) is 5.75 Å². The Hall–Kier alpha value is -3.26. The number of nitrogens with one attached hydrogen (secondary N) is 1. The zero-order valence-corrected chi connectivity index (χ0v) is 19.4. The predicted octanol–water partition coefficient (Wildman–Crippen LogP) is 2.88. The number of amides is 1. The van der Waals surface area contributed by atoms with Crippen molar-refractivity contribution in [2.75, 3.05) is 44.8 Å². The summed E-state index contributed by atoms with van der Waals surface area (Å²) >= 11 is 6.18. The van der Waals surface area contributed by atoms with Gasteiger partial charge in [0.1, 0.15) is 11.8 Å². The molecule has 2 unspecified atom stereocenters. The summed E-state index contributed by atoms with van der Waals surface area (Å²) in [4.78, 5) is 34.7. The Balaban J connectivity index is 1.55. The highest BCUT2D eigenvalue weighted by Crippen LogP contribution is 2.32. The second-order valence-electron chi connectivity index (χ2n) is 7.85. The number of rotatable bonds is 5. The summed E-state index contributed by atoms with van der Waals surface area (Å²) in [6.45, 7) is 4.75. The van der Waals surface area contributed by atoms with Gasteiger partial charge in [-0.2, -0.15) is 0 Å². The third-order valence-electron chi connectivity index (χ3n) is 5.82. The summed E-state index contributed by atoms with van der Waals surface area (Å²) in [5.74, 6) is -0.793. The lowest BCUT2D eigenvalue weighted by atomic mass is 9.91. The van der Waals surface area contributed by atoms with Gasteiger partial charge in [-0.1, -0.05) is 29.8 Å². The van der Waals surface area contributed by atoms with Crippen molar-refractivity contribution in [3.63, 3.8) is 0 Å². The van der Waals surface area contributed by atoms with Crippen molar-refractivity contribution in [2.24, 2.45) is 10.9 Å². The molecule has 0 aromatic heterocycles. The summed E-state index contributed by atoms with van der Waals surface area (Å²) in [6.07, 6.45) is 0. The van der Waals surface area contributed by atoms with Gasteiger partial charge in [-0.25, -0.2) is 4.99 Å². The first kappa shape index (κ1) is 22.9. The average molecular weight is 471 g/mol. The predicted molar refractivity (Wildman–Crippen MR) is 127 cm³/mol. The zero-order chi connectivity index (χ0) is 23.4. The van der Waals surface area contributed by atoms with E-state index in [0.717, 1.165) is 24.5 Å². The maximum Gasteiger partial charge on any atom is 0.321 e. The summed E-state index contributed by atoms with van der Waals surface area (Å²) in [5.41, 5.74) is 1.78. The molecular weight excluding hydrogens is 444 g/mol. The van der Waals surface area contributed by atoms with Crippen molar-refractivity contribution in [3.8, 4) is 5.75 Å². The smallest absolute Gasteiger partial charge is 0.321 e. The van der Waals surface area contributed by atoms with Crippen molar-refractivity contribution < 1.29 is 19.1 Å². The standard InChI is InChI=1S/C24H27ClN4O4/c1-3-33-23(31)20-21(16-6-4-7-17(25)14-16)26-24(27-22(20)30)29-12-10-28(11-13-29)18-8-5-9-19(15-18)32-2/h4-9,14-15,20-21H,3,10-13H2,1-2H3,(H,26,27,30). The lowest BCUT2D eigenvalue weighted by Gasteiger charge is -2.39. The number of hydrogen-bond donors (Lipinski definition) is 1. The molecule has 174 valence electrons. The fourth-order valence-electron chi connectivity index (χ4n) is 4.14. The maximum atomic E-state index is 13.0. The number of nitrogens with zero attached hydrogens (tertiary/aromatic N) is 3. The van der Waals surface area contributed by atoms with Crippen molar-refractivity contribution in [1.82, 2.24) is 10.2 Å². The minimum Gasteiger partial charge on any atom is -0.497 e. The van der Waals surface area contributed by atoms with Gasteiger partial charge in [0.25, 0.3) is 0 Å². The average Bonchev–Trinajstić information content (AvgIpc) is 2.83. The van der Waals surface area contributed by atoms with Crippen molar-refractivity contribution >= 4 is 35.1 Å². The Morgan fingerprint density at radius 2 is 1.85 bits per heavy atom. The van der Waals surface area contributed by atoms with E-state index in [1.807, 2.05) is 29.2 Å². The third kappa shape index (κ3) is 5.06. The van der Waals surface area contributed by atoms with E-state index < -0.39 is 23.8 Å². The Morgan fingerprint density at radius 1 is 1.12 bits per heavy atom. The highest BCUT2D eigenvalue weighted by molar-refractivity contribution is 6.30. The molecule has 1 saturated heterocycles. The van der Waals surface area contributed by atoms with Gasteiger partial charge < -0.3 is 19.3 Å². The van der Waals surface area contributed by atoms with Crippen molar-refractivity contribution in [2.45, 2.75) is 13.0 Å². The Labute approximate surface area is 198 Å². The second-order valence-corrected chi connectivity index (χ2v) is 8.28. The Kier molecular flexibility index (Phi) is 7.03. The number of methoxy groups -OCH3 is 1. The van der Waals surface area contributed by atoms with Gasteiger partial charge in [-0.05, 0) is 36.8 Å². The largest absolute Gasteiger partial charge is 0.497 e. The number of anilines is 1. The normalized spacial score (nSPS) is 20.7. The van der Waals surface area contributed by atoms with Gasteiger partial charge in [0.15, 0.2) is 5.92 Å². The van der Waals surface area contributed by atoms with E-state index >= 15 is 0 Å². The molecule has 9 heteroatoms. The van der Waals surface area contributed by atoms with Crippen LogP contribution in [-0.4, -0.2) is 62.6 Å². The van der Waals surface area contributed by atoms with E-state index in [1.165, 1.54) is 0 Å². The van der Waals surface area contributed by atoms with Gasteiger partial charge >= 0.3 is 5.97 Å². The first-order chi connectivity index (χ1) is 16.0. The van der Waals surface area contributed by atoms with Crippen LogP contribution in [0.15, 0.2) is 53.5 Å². The Bertz CT molecular complexity index is 1050. The van der Waals surface area contributed by atoms with Crippen LogP contribution in [0.25, 0.3) is 0 Å². The van der Waals surface area contributed by atoms with Gasteiger partial charge in [-0.15, -0.1) is 0 Å². The number of esters is 1. The maximum absolute atomic E-state index is 13.0. The summed E-state index contributed by atoms with van der Waals surface area (Å²) in [7, 11) is 1.65. The fourth-order valence-corrected chi connectivity index (χ4v) is 4.34. The minimum atomic E-state index is -1.06. The number of benzene rings is 2. The molecule has 2 aliphatic heterocycles. The first-order valence-corrected chi connectivity index (χ1v) is 11.3. The van der Waals surface area contributed by atoms with Crippen LogP contribution in [0.3, 0.4) is 0 Å². The monoisotopic (exact) mass is 470 g/mol. The molecule has 2 aromatic rings. The number of hydrogen-bond acceptors (Lipinski definition) is 7. The molecule has 2 aromatic carbocycles. The molecular formula is C24H27ClN4O4. The molecule has 2 aliphatic rings. The van der Waals surface area contributed by atoms with Crippen molar-refractivity contribution in [1.29, 1.82) is 0 Å². The molecule has 2 heterocycles. The van der Waals surface area contributed by atoms with E-state index in [9.17, 15) is 9.59 Å². The number of ether oxygens (including phenoxy) is 2. The van der Waals surface area contributed by atoms with E-state index in [1.54, 1.807) is 32.2 Å². The molecule has 0 bridgehead atoms. The number of guanidine groups is 1. The topological polar surface area (TPSA) is 83.5 Å². The van der Waals surface area contributed by atoms with Gasteiger partial charge in [-0.3, -0.25) is 14.9 Å². The molecule has 2 atom stereocenters. The third-order valence-corrected chi connectivity index (χ3v) is 6.06. The van der Waals surface area contributed by atoms with E-state index in [2.05, 4.69) is 16.3 Å². The fraction of sp³-hybridized carbons (Fsp3) is 0.375. The summed E-state index contributed by atoms with van der Waals surface area (Å²) in [6, 6.07) is 14.3. The molecule has 8 nitrogen and oxygen atoms in total. The SMILES string of the molecule is CCOC(=O)C1C(=O)NC(N2CCN(c3cccc(OC)c3)CC2)=NC1c1cccc(Cl)c1. The van der Waals surface area contributed by atoms with Crippen LogP contribution in [0.4, 0.5) is 5.69 Å². The number of halogens is 1. The summed E-state index contributed by atoms with van der Waals surface area (Å²) < 4.78 is 10.5. The van der Waals surface area contributed by atoms with Crippen LogP contribution in [0, 0.1) is 5.92 Å². The molecule has 0 saturated carbocycles. The second kappa shape index (κ2) is 10.1. The number of aliphatic imine (C=N–C) groups is 1. The van der Waals surface area contributed by atoms with E-state index in [4.69, 9.17) is 26.1 Å². The van der Waals surface area contributed by atoms with Gasteiger partial charge in [0, 0.05) is 43.0 Å². The number of piperazine rings is 1. The molecule has 33 heavy (non-hydrogen) atoms. The van der Waals surface area contributed by atoms with Crippen LogP contribution in [0.1, 0.15) is 18.5 Å². The lowest BCUT2D eigenvalue weighted by Crippen LogP contribution is -2.57. The van der Waals surface area contributed by atoms with Crippen LogP contribution >= 0.6 is 11.6 Å². The number of carbonyl (C=O) groups is 2. The summed E-state index contributed by atoms with van der Waals surface area (Å²) in [5, 5.41) is 3.35. The number of carbonyl (C=O) groups excluding carboxylic acids is 2. The van der Waals surface area contributed by atoms with Crippen LogP contribution in [-0.2, 0) is 14.3 Å². The van der Waals surface area contributed by atoms with E-state index in [0.29, 0.717) is 29.6 Å².